The van der Waals surface area contributed by atoms with Crippen LogP contribution in [0.3, 0.4) is 0 Å². The SMILES string of the molecule is COc1ccc(Cc2nnc(NC(=O)c3cccs3)o2)cc1. The number of carbonyl (C=O) groups excluding carboxylic acids is 1. The summed E-state index contributed by atoms with van der Waals surface area (Å²) in [7, 11) is 1.62. The molecular formula is C15H13N3O3S. The van der Waals surface area contributed by atoms with Crippen molar-refractivity contribution in [2.24, 2.45) is 0 Å². The monoisotopic (exact) mass is 315 g/mol. The van der Waals surface area contributed by atoms with Crippen molar-refractivity contribution in [3.63, 3.8) is 0 Å². The molecule has 0 saturated carbocycles. The highest BCUT2D eigenvalue weighted by atomic mass is 32.1. The Balaban J connectivity index is 1.64. The number of thiophene rings is 1. The maximum atomic E-state index is 11.9. The Labute approximate surface area is 130 Å². The predicted octanol–water partition coefficient (Wildman–Crippen LogP) is 2.98. The van der Waals surface area contributed by atoms with Crippen LogP contribution >= 0.6 is 11.3 Å². The molecule has 0 bridgehead atoms. The number of methoxy groups -OCH3 is 1. The van der Waals surface area contributed by atoms with Crippen molar-refractivity contribution in [2.75, 3.05) is 12.4 Å². The van der Waals surface area contributed by atoms with E-state index in [1.54, 1.807) is 13.2 Å². The number of carbonyl (C=O) groups is 1. The molecule has 22 heavy (non-hydrogen) atoms. The van der Waals surface area contributed by atoms with E-state index in [4.69, 9.17) is 9.15 Å². The Kier molecular flexibility index (Phi) is 4.15. The standard InChI is InChI=1S/C15H13N3O3S/c1-20-11-6-4-10(5-7-11)9-13-17-18-15(21-13)16-14(19)12-3-2-8-22-12/h2-8H,9H2,1H3,(H,16,18,19). The Morgan fingerprint density at radius 3 is 2.77 bits per heavy atom. The molecule has 3 rings (SSSR count). The molecule has 3 aromatic rings. The van der Waals surface area contributed by atoms with Crippen molar-refractivity contribution in [2.45, 2.75) is 6.42 Å². The predicted molar refractivity (Wildman–Crippen MR) is 82.4 cm³/mol. The average molecular weight is 315 g/mol. The van der Waals surface area contributed by atoms with Crippen LogP contribution in [-0.2, 0) is 6.42 Å². The van der Waals surface area contributed by atoms with Crippen molar-refractivity contribution >= 4 is 23.3 Å². The summed E-state index contributed by atoms with van der Waals surface area (Å²) >= 11 is 1.35. The first-order valence-corrected chi connectivity index (χ1v) is 7.43. The largest absolute Gasteiger partial charge is 0.497 e. The van der Waals surface area contributed by atoms with Crippen LogP contribution in [0, 0.1) is 0 Å². The zero-order valence-electron chi connectivity index (χ0n) is 11.8. The fourth-order valence-electron chi connectivity index (χ4n) is 1.86. The van der Waals surface area contributed by atoms with Crippen LogP contribution < -0.4 is 10.1 Å². The van der Waals surface area contributed by atoms with Gasteiger partial charge < -0.3 is 9.15 Å². The van der Waals surface area contributed by atoms with Crippen molar-refractivity contribution in [1.82, 2.24) is 10.2 Å². The summed E-state index contributed by atoms with van der Waals surface area (Å²) in [6, 6.07) is 11.2. The summed E-state index contributed by atoms with van der Waals surface area (Å²) < 4.78 is 10.5. The fraction of sp³-hybridized carbons (Fsp3) is 0.133. The molecule has 0 fully saturated rings. The molecule has 1 amide bonds. The lowest BCUT2D eigenvalue weighted by Gasteiger charge is -2.00. The number of rotatable bonds is 5. The van der Waals surface area contributed by atoms with Gasteiger partial charge in [-0.15, -0.1) is 16.4 Å². The number of benzene rings is 1. The van der Waals surface area contributed by atoms with E-state index in [2.05, 4.69) is 15.5 Å². The Bertz CT molecular complexity index is 751. The van der Waals surface area contributed by atoms with E-state index in [0.29, 0.717) is 17.2 Å². The van der Waals surface area contributed by atoms with Crippen molar-refractivity contribution in [1.29, 1.82) is 0 Å². The molecule has 0 saturated heterocycles. The Hall–Kier alpha value is -2.67. The van der Waals surface area contributed by atoms with E-state index in [-0.39, 0.29) is 11.9 Å². The smallest absolute Gasteiger partial charge is 0.322 e. The van der Waals surface area contributed by atoms with Gasteiger partial charge in [0, 0.05) is 0 Å². The first kappa shape index (κ1) is 14.3. The summed E-state index contributed by atoms with van der Waals surface area (Å²) in [4.78, 5) is 12.5. The van der Waals surface area contributed by atoms with Gasteiger partial charge in [0.1, 0.15) is 5.75 Å². The number of aromatic nitrogens is 2. The minimum atomic E-state index is -0.255. The van der Waals surface area contributed by atoms with Gasteiger partial charge in [0.2, 0.25) is 5.89 Å². The molecule has 0 spiro atoms. The van der Waals surface area contributed by atoms with Crippen LogP contribution in [0.15, 0.2) is 46.2 Å². The highest BCUT2D eigenvalue weighted by Crippen LogP contribution is 2.16. The summed E-state index contributed by atoms with van der Waals surface area (Å²) in [5.74, 6) is 0.972. The van der Waals surface area contributed by atoms with Gasteiger partial charge in [0.25, 0.3) is 5.91 Å². The number of nitrogens with one attached hydrogen (secondary N) is 1. The van der Waals surface area contributed by atoms with Crippen LogP contribution in [0.1, 0.15) is 21.1 Å². The van der Waals surface area contributed by atoms with Gasteiger partial charge in [-0.1, -0.05) is 23.3 Å². The molecule has 0 atom stereocenters. The lowest BCUT2D eigenvalue weighted by atomic mass is 10.1. The number of amides is 1. The van der Waals surface area contributed by atoms with E-state index >= 15 is 0 Å². The maximum absolute atomic E-state index is 11.9. The van der Waals surface area contributed by atoms with E-state index in [0.717, 1.165) is 11.3 Å². The van der Waals surface area contributed by atoms with Crippen LogP contribution in [0.2, 0.25) is 0 Å². The maximum Gasteiger partial charge on any atom is 0.322 e. The molecule has 7 heteroatoms. The van der Waals surface area contributed by atoms with Gasteiger partial charge in [-0.25, -0.2) is 0 Å². The van der Waals surface area contributed by atoms with E-state index in [1.807, 2.05) is 35.7 Å². The number of nitrogens with zero attached hydrogens (tertiary/aromatic N) is 2. The van der Waals surface area contributed by atoms with Gasteiger partial charge in [-0.3, -0.25) is 10.1 Å². The highest BCUT2D eigenvalue weighted by molar-refractivity contribution is 7.12. The minimum absolute atomic E-state index is 0.0990. The molecule has 112 valence electrons. The summed E-state index contributed by atoms with van der Waals surface area (Å²) in [6.07, 6.45) is 0.492. The third-order valence-corrected chi connectivity index (χ3v) is 3.82. The number of ether oxygens (including phenoxy) is 1. The second-order valence-corrected chi connectivity index (χ2v) is 5.40. The highest BCUT2D eigenvalue weighted by Gasteiger charge is 2.12. The molecule has 0 radical (unpaired) electrons. The molecule has 0 unspecified atom stereocenters. The number of hydrogen-bond acceptors (Lipinski definition) is 6. The molecule has 0 aliphatic carbocycles. The van der Waals surface area contributed by atoms with Gasteiger partial charge in [0.15, 0.2) is 0 Å². The third kappa shape index (κ3) is 3.32. The molecule has 1 N–H and O–H groups in total. The van der Waals surface area contributed by atoms with E-state index in [1.165, 1.54) is 11.3 Å². The fourth-order valence-corrected chi connectivity index (χ4v) is 2.48. The first-order chi connectivity index (χ1) is 10.7. The lowest BCUT2D eigenvalue weighted by Crippen LogP contribution is -2.10. The summed E-state index contributed by atoms with van der Waals surface area (Å²) in [6.45, 7) is 0. The lowest BCUT2D eigenvalue weighted by molar-refractivity contribution is 0.102. The van der Waals surface area contributed by atoms with Crippen LogP contribution in [0.25, 0.3) is 0 Å². The summed E-state index contributed by atoms with van der Waals surface area (Å²) in [5, 5.41) is 12.2. The van der Waals surface area contributed by atoms with Gasteiger partial charge in [-0.05, 0) is 29.1 Å². The molecule has 0 aliphatic heterocycles. The molecule has 2 heterocycles. The second-order valence-electron chi connectivity index (χ2n) is 4.46. The van der Waals surface area contributed by atoms with Crippen LogP contribution in [0.5, 0.6) is 5.75 Å². The van der Waals surface area contributed by atoms with Gasteiger partial charge in [-0.2, -0.15) is 0 Å². The second kappa shape index (κ2) is 6.40. The van der Waals surface area contributed by atoms with E-state index in [9.17, 15) is 4.79 Å². The zero-order valence-corrected chi connectivity index (χ0v) is 12.6. The third-order valence-electron chi connectivity index (χ3n) is 2.95. The Morgan fingerprint density at radius 2 is 2.09 bits per heavy atom. The minimum Gasteiger partial charge on any atom is -0.497 e. The molecule has 2 aromatic heterocycles. The Morgan fingerprint density at radius 1 is 1.27 bits per heavy atom. The van der Waals surface area contributed by atoms with Gasteiger partial charge in [0.05, 0.1) is 18.4 Å². The van der Waals surface area contributed by atoms with Crippen molar-refractivity contribution < 1.29 is 13.9 Å². The topological polar surface area (TPSA) is 77.3 Å². The molecule has 6 nitrogen and oxygen atoms in total. The summed E-state index contributed by atoms with van der Waals surface area (Å²) in [5.41, 5.74) is 1.01. The van der Waals surface area contributed by atoms with Crippen molar-refractivity contribution in [3.05, 3.63) is 58.1 Å². The van der Waals surface area contributed by atoms with Crippen LogP contribution in [-0.4, -0.2) is 23.2 Å². The first-order valence-electron chi connectivity index (χ1n) is 6.55. The number of anilines is 1. The van der Waals surface area contributed by atoms with E-state index < -0.39 is 0 Å². The molecule has 1 aromatic carbocycles. The number of hydrogen-bond donors (Lipinski definition) is 1. The molecule has 0 aliphatic rings. The van der Waals surface area contributed by atoms with Crippen molar-refractivity contribution in [3.8, 4) is 5.75 Å². The zero-order chi connectivity index (χ0) is 15.4. The normalized spacial score (nSPS) is 10.4. The quantitative estimate of drug-likeness (QED) is 0.783. The molecular weight excluding hydrogens is 302 g/mol. The average Bonchev–Trinajstić information content (AvgIpc) is 3.20. The van der Waals surface area contributed by atoms with Crippen LogP contribution in [0.4, 0.5) is 6.01 Å². The van der Waals surface area contributed by atoms with Gasteiger partial charge >= 0.3 is 6.01 Å².